The van der Waals surface area contributed by atoms with E-state index >= 15 is 0 Å². The Labute approximate surface area is 130 Å². The number of ether oxygens (including phenoxy) is 1. The fraction of sp³-hybridized carbons (Fsp3) is 0.471. The largest absolute Gasteiger partial charge is 0.478 e. The zero-order chi connectivity index (χ0) is 16.9. The van der Waals surface area contributed by atoms with E-state index in [1.54, 1.807) is 32.9 Å². The fourth-order valence-corrected chi connectivity index (χ4v) is 2.09. The van der Waals surface area contributed by atoms with Gasteiger partial charge in [-0.15, -0.1) is 0 Å². The van der Waals surface area contributed by atoms with Crippen LogP contribution in [0.5, 0.6) is 0 Å². The highest BCUT2D eigenvalue weighted by molar-refractivity contribution is 6.03. The van der Waals surface area contributed by atoms with Gasteiger partial charge in [0, 0.05) is 17.9 Å². The van der Waals surface area contributed by atoms with Gasteiger partial charge in [0.2, 0.25) is 0 Å². The predicted octanol–water partition coefficient (Wildman–Crippen LogP) is 2.82. The molecular formula is C17H22O5. The quantitative estimate of drug-likeness (QED) is 0.793. The molecule has 0 fully saturated rings. The van der Waals surface area contributed by atoms with Crippen LogP contribution in [-0.4, -0.2) is 28.9 Å². The number of carbonyl (C=O) groups is 3. The molecule has 0 spiro atoms. The lowest BCUT2D eigenvalue weighted by molar-refractivity contribution is -0.148. The molecule has 0 aromatic heterocycles. The van der Waals surface area contributed by atoms with Gasteiger partial charge in [-0.2, -0.15) is 0 Å². The van der Waals surface area contributed by atoms with Crippen LogP contribution in [0.3, 0.4) is 0 Å². The first-order valence-electron chi connectivity index (χ1n) is 7.15. The predicted molar refractivity (Wildman–Crippen MR) is 82.2 cm³/mol. The summed E-state index contributed by atoms with van der Waals surface area (Å²) in [6.45, 7) is 6.55. The zero-order valence-electron chi connectivity index (χ0n) is 13.4. The molecular weight excluding hydrogens is 284 g/mol. The van der Waals surface area contributed by atoms with Gasteiger partial charge in [-0.1, -0.05) is 26.0 Å². The summed E-state index contributed by atoms with van der Waals surface area (Å²) in [4.78, 5) is 34.7. The average molecular weight is 306 g/mol. The van der Waals surface area contributed by atoms with Crippen molar-refractivity contribution < 1.29 is 24.2 Å². The second-order valence-corrected chi connectivity index (χ2v) is 5.97. The minimum Gasteiger partial charge on any atom is -0.478 e. The van der Waals surface area contributed by atoms with Crippen LogP contribution in [0.2, 0.25) is 0 Å². The Kier molecular flexibility index (Phi) is 5.85. The Bertz CT molecular complexity index is 564. The molecule has 1 N–H and O–H groups in total. The van der Waals surface area contributed by atoms with E-state index in [0.29, 0.717) is 12.0 Å². The Morgan fingerprint density at radius 2 is 2.00 bits per heavy atom. The van der Waals surface area contributed by atoms with Gasteiger partial charge in [0.25, 0.3) is 0 Å². The first kappa shape index (κ1) is 17.9. The van der Waals surface area contributed by atoms with Crippen molar-refractivity contribution in [1.82, 2.24) is 0 Å². The number of hydrogen-bond donors (Lipinski definition) is 1. The molecule has 0 aromatic rings. The van der Waals surface area contributed by atoms with Crippen LogP contribution in [-0.2, 0) is 19.1 Å². The van der Waals surface area contributed by atoms with E-state index in [-0.39, 0.29) is 17.8 Å². The van der Waals surface area contributed by atoms with Crippen LogP contribution < -0.4 is 0 Å². The molecule has 1 aliphatic carbocycles. The molecule has 0 radical (unpaired) electrons. The lowest BCUT2D eigenvalue weighted by Gasteiger charge is -2.29. The molecule has 0 amide bonds. The third-order valence-corrected chi connectivity index (χ3v) is 3.57. The van der Waals surface area contributed by atoms with E-state index in [4.69, 9.17) is 4.74 Å². The van der Waals surface area contributed by atoms with Gasteiger partial charge in [-0.05, 0) is 37.5 Å². The Hall–Kier alpha value is -2.17. The third kappa shape index (κ3) is 4.98. The number of carbonyl (C=O) groups excluding carboxylic acids is 2. The Balaban J connectivity index is 3.33. The fourth-order valence-electron chi connectivity index (χ4n) is 2.09. The molecule has 120 valence electrons. The summed E-state index contributed by atoms with van der Waals surface area (Å²) in [5, 5.41) is 9.31. The summed E-state index contributed by atoms with van der Waals surface area (Å²) < 4.78 is 5.26. The molecule has 1 atom stereocenters. The van der Waals surface area contributed by atoms with Gasteiger partial charge < -0.3 is 9.84 Å². The maximum atomic E-state index is 12.0. The molecule has 0 heterocycles. The Morgan fingerprint density at radius 3 is 2.55 bits per heavy atom. The van der Waals surface area contributed by atoms with E-state index in [0.717, 1.165) is 0 Å². The number of allylic oxidation sites excluding steroid dienone is 3. The van der Waals surface area contributed by atoms with E-state index in [9.17, 15) is 19.5 Å². The van der Waals surface area contributed by atoms with Gasteiger partial charge in [0.15, 0.2) is 5.78 Å². The summed E-state index contributed by atoms with van der Waals surface area (Å²) in [5.74, 6) is -1.68. The smallest absolute Gasteiger partial charge is 0.331 e. The minimum atomic E-state index is -1.05. The van der Waals surface area contributed by atoms with Crippen molar-refractivity contribution in [3.63, 3.8) is 0 Å². The molecule has 1 rings (SSSR count). The maximum absolute atomic E-state index is 12.0. The number of ketones is 1. The third-order valence-electron chi connectivity index (χ3n) is 3.57. The van der Waals surface area contributed by atoms with Gasteiger partial charge >= 0.3 is 11.9 Å². The van der Waals surface area contributed by atoms with Crippen molar-refractivity contribution in [1.29, 1.82) is 0 Å². The van der Waals surface area contributed by atoms with Crippen molar-refractivity contribution in [2.24, 2.45) is 5.41 Å². The van der Waals surface area contributed by atoms with Crippen molar-refractivity contribution in [3.05, 3.63) is 35.5 Å². The summed E-state index contributed by atoms with van der Waals surface area (Å²) in [5.41, 5.74) is 0.0426. The molecule has 0 saturated carbocycles. The van der Waals surface area contributed by atoms with Gasteiger partial charge in [0.05, 0.1) is 0 Å². The number of rotatable bonds is 2. The second kappa shape index (κ2) is 7.20. The highest BCUT2D eigenvalue weighted by Crippen LogP contribution is 2.29. The lowest BCUT2D eigenvalue weighted by Crippen LogP contribution is -2.31. The van der Waals surface area contributed by atoms with Crippen molar-refractivity contribution in [3.8, 4) is 0 Å². The number of aliphatic carboxylic acids is 1. The van der Waals surface area contributed by atoms with E-state index in [1.807, 2.05) is 0 Å². The summed E-state index contributed by atoms with van der Waals surface area (Å²) >= 11 is 0. The van der Waals surface area contributed by atoms with Gasteiger partial charge in [-0.3, -0.25) is 9.59 Å². The molecule has 1 aliphatic rings. The SMILES string of the molecule is CC(=O)O[C@H]1/C=C(\C(=O)O)CC/C=C(/C)C(=O)/C=C/C1(C)C. The van der Waals surface area contributed by atoms with Crippen LogP contribution >= 0.6 is 0 Å². The summed E-state index contributed by atoms with van der Waals surface area (Å²) in [6, 6.07) is 0. The topological polar surface area (TPSA) is 80.7 Å². The number of carboxylic acids is 1. The van der Waals surface area contributed by atoms with Crippen molar-refractivity contribution in [2.45, 2.75) is 46.6 Å². The maximum Gasteiger partial charge on any atom is 0.331 e. The van der Waals surface area contributed by atoms with Crippen LogP contribution in [0.25, 0.3) is 0 Å². The van der Waals surface area contributed by atoms with Crippen molar-refractivity contribution >= 4 is 17.7 Å². The first-order chi connectivity index (χ1) is 10.1. The van der Waals surface area contributed by atoms with E-state index in [2.05, 4.69) is 0 Å². The molecule has 22 heavy (non-hydrogen) atoms. The molecule has 5 heteroatoms. The van der Waals surface area contributed by atoms with Crippen molar-refractivity contribution in [2.75, 3.05) is 0 Å². The van der Waals surface area contributed by atoms with Gasteiger partial charge in [-0.25, -0.2) is 4.79 Å². The standard InChI is InChI=1S/C17H22O5/c1-11-6-5-7-13(16(20)21)10-15(22-12(2)18)17(3,4)9-8-14(11)19/h6,8-10,15H,5,7H2,1-4H3,(H,20,21)/b9-8+,11-6-,13-10-/t15-/m0/s1. The Morgan fingerprint density at radius 1 is 1.36 bits per heavy atom. The normalized spacial score (nSPS) is 28.4. The average Bonchev–Trinajstić information content (AvgIpc) is 2.42. The molecule has 5 nitrogen and oxygen atoms in total. The van der Waals surface area contributed by atoms with E-state index < -0.39 is 23.5 Å². The molecule has 0 unspecified atom stereocenters. The molecule has 0 bridgehead atoms. The first-order valence-corrected chi connectivity index (χ1v) is 7.15. The lowest BCUT2D eigenvalue weighted by atomic mass is 9.84. The summed E-state index contributed by atoms with van der Waals surface area (Å²) in [7, 11) is 0. The number of hydrogen-bond acceptors (Lipinski definition) is 4. The van der Waals surface area contributed by atoms with Crippen LogP contribution in [0.1, 0.15) is 40.5 Å². The highest BCUT2D eigenvalue weighted by Gasteiger charge is 2.30. The van der Waals surface area contributed by atoms with Crippen LogP contribution in [0, 0.1) is 5.41 Å². The second-order valence-electron chi connectivity index (χ2n) is 5.97. The molecule has 0 saturated heterocycles. The monoisotopic (exact) mass is 306 g/mol. The highest BCUT2D eigenvalue weighted by atomic mass is 16.5. The summed E-state index contributed by atoms with van der Waals surface area (Å²) in [6.07, 6.45) is 6.25. The number of esters is 1. The van der Waals surface area contributed by atoms with Crippen LogP contribution in [0.15, 0.2) is 35.5 Å². The molecule has 0 aliphatic heterocycles. The van der Waals surface area contributed by atoms with Gasteiger partial charge in [0.1, 0.15) is 6.10 Å². The minimum absolute atomic E-state index is 0.131. The zero-order valence-corrected chi connectivity index (χ0v) is 13.4. The van der Waals surface area contributed by atoms with E-state index in [1.165, 1.54) is 19.1 Å². The number of carboxylic acid groups (broad SMARTS) is 1. The van der Waals surface area contributed by atoms with Crippen LogP contribution in [0.4, 0.5) is 0 Å². The molecule has 0 aromatic carbocycles.